The third kappa shape index (κ3) is 11.2. The van der Waals surface area contributed by atoms with Gasteiger partial charge in [-0.05, 0) is 64.9 Å². The maximum absolute atomic E-state index is 12.6. The van der Waals surface area contributed by atoms with E-state index in [2.05, 4.69) is 44.9 Å². The zero-order valence-corrected chi connectivity index (χ0v) is 30.3. The fourth-order valence-electron chi connectivity index (χ4n) is 6.10. The zero-order valence-electron chi connectivity index (χ0n) is 29.5. The first kappa shape index (κ1) is 37.7. The van der Waals surface area contributed by atoms with Crippen LogP contribution >= 0.6 is 11.8 Å². The van der Waals surface area contributed by atoms with E-state index in [-0.39, 0.29) is 30.6 Å². The van der Waals surface area contributed by atoms with Gasteiger partial charge >= 0.3 is 0 Å². The molecule has 0 bridgehead atoms. The van der Waals surface area contributed by atoms with Crippen LogP contribution in [0.1, 0.15) is 73.2 Å². The molecule has 0 radical (unpaired) electrons. The van der Waals surface area contributed by atoms with Gasteiger partial charge in [0.1, 0.15) is 0 Å². The van der Waals surface area contributed by atoms with Crippen molar-refractivity contribution < 1.29 is 24.2 Å². The standard InChI is InChI=1S/C42H45N5O5S/c43-36-10-4-5-11-37(36)47-40(50)13-3-1-2-12-39(49)46-26-30-8-6-9-34(24-30)31-18-20-33(21-19-31)41-51-35(28-53-42-44-22-7-23-45-42)25-38(52-41)32-16-14-29(27-48)15-17-32/h4-11,14-24,35,38,41,48H,1-3,12-13,25-28,43H2,(H,46,49)(H,47,50)/t35-,38+,41+/m0/s1. The number of aromatic nitrogens is 2. The predicted octanol–water partition coefficient (Wildman–Crippen LogP) is 7.76. The summed E-state index contributed by atoms with van der Waals surface area (Å²) in [5.41, 5.74) is 13.0. The number of para-hydroxylation sites is 2. The van der Waals surface area contributed by atoms with E-state index in [0.717, 1.165) is 39.8 Å². The van der Waals surface area contributed by atoms with Crippen molar-refractivity contribution in [2.45, 2.75) is 75.3 Å². The number of aliphatic hydroxyl groups is 1. The highest BCUT2D eigenvalue weighted by Crippen LogP contribution is 2.39. The highest BCUT2D eigenvalue weighted by molar-refractivity contribution is 7.99. The van der Waals surface area contributed by atoms with Gasteiger partial charge in [0.15, 0.2) is 11.4 Å². The lowest BCUT2D eigenvalue weighted by Crippen LogP contribution is -2.31. The molecule has 0 spiro atoms. The highest BCUT2D eigenvalue weighted by atomic mass is 32.2. The first-order chi connectivity index (χ1) is 25.9. The summed E-state index contributed by atoms with van der Waals surface area (Å²) < 4.78 is 13.0. The zero-order chi connectivity index (χ0) is 36.8. The molecular weight excluding hydrogens is 687 g/mol. The molecule has 11 heteroatoms. The number of amides is 2. The summed E-state index contributed by atoms with van der Waals surface area (Å²) in [6.45, 7) is 0.429. The van der Waals surface area contributed by atoms with E-state index in [9.17, 15) is 14.7 Å². The number of carbonyl (C=O) groups is 2. The molecule has 1 aliphatic rings. The van der Waals surface area contributed by atoms with Gasteiger partial charge in [0.05, 0.1) is 30.2 Å². The summed E-state index contributed by atoms with van der Waals surface area (Å²) in [7, 11) is 0. The number of anilines is 2. The van der Waals surface area contributed by atoms with E-state index in [1.54, 1.807) is 42.4 Å². The number of ether oxygens (including phenoxy) is 2. The van der Waals surface area contributed by atoms with Gasteiger partial charge in [-0.15, -0.1) is 0 Å². The second-order valence-electron chi connectivity index (χ2n) is 13.0. The van der Waals surface area contributed by atoms with Crippen LogP contribution in [0.25, 0.3) is 11.1 Å². The molecule has 1 aliphatic heterocycles. The number of hydrogen-bond acceptors (Lipinski definition) is 9. The number of hydrogen-bond donors (Lipinski definition) is 4. The summed E-state index contributed by atoms with van der Waals surface area (Å²) in [6, 6.07) is 33.2. The number of nitrogen functional groups attached to an aromatic ring is 1. The van der Waals surface area contributed by atoms with Crippen molar-refractivity contribution in [3.8, 4) is 11.1 Å². The van der Waals surface area contributed by atoms with Crippen LogP contribution in [-0.4, -0.2) is 38.7 Å². The van der Waals surface area contributed by atoms with E-state index < -0.39 is 6.29 Å². The Balaban J connectivity index is 0.996. The van der Waals surface area contributed by atoms with Crippen molar-refractivity contribution in [3.05, 3.63) is 138 Å². The molecule has 53 heavy (non-hydrogen) atoms. The van der Waals surface area contributed by atoms with Crippen LogP contribution in [-0.2, 0) is 32.2 Å². The monoisotopic (exact) mass is 731 g/mol. The minimum Gasteiger partial charge on any atom is -0.397 e. The second kappa shape index (κ2) is 19.1. The van der Waals surface area contributed by atoms with Crippen molar-refractivity contribution in [1.82, 2.24) is 15.3 Å². The maximum atomic E-state index is 12.6. The number of nitrogens with one attached hydrogen (secondary N) is 2. The van der Waals surface area contributed by atoms with Crippen LogP contribution in [0.2, 0.25) is 0 Å². The van der Waals surface area contributed by atoms with E-state index in [4.69, 9.17) is 15.2 Å². The molecule has 5 N–H and O–H groups in total. The van der Waals surface area contributed by atoms with Crippen LogP contribution in [0.15, 0.2) is 121 Å². The minimum atomic E-state index is -0.560. The summed E-state index contributed by atoms with van der Waals surface area (Å²) in [6.07, 6.45) is 6.32. The molecule has 4 aromatic carbocycles. The van der Waals surface area contributed by atoms with E-state index >= 15 is 0 Å². The number of thioether (sulfide) groups is 1. The summed E-state index contributed by atoms with van der Waals surface area (Å²) in [5, 5.41) is 16.1. The van der Waals surface area contributed by atoms with Crippen LogP contribution in [0.5, 0.6) is 0 Å². The second-order valence-corrected chi connectivity index (χ2v) is 14.0. The van der Waals surface area contributed by atoms with Gasteiger partial charge in [-0.2, -0.15) is 0 Å². The molecule has 0 unspecified atom stereocenters. The van der Waals surface area contributed by atoms with Gasteiger partial charge in [-0.1, -0.05) is 97.0 Å². The van der Waals surface area contributed by atoms with Gasteiger partial charge in [-0.25, -0.2) is 9.97 Å². The van der Waals surface area contributed by atoms with Gasteiger partial charge in [0.25, 0.3) is 0 Å². The topological polar surface area (TPSA) is 149 Å². The van der Waals surface area contributed by atoms with Crippen molar-refractivity contribution in [1.29, 1.82) is 0 Å². The van der Waals surface area contributed by atoms with Crippen LogP contribution in [0.3, 0.4) is 0 Å². The van der Waals surface area contributed by atoms with E-state index in [1.807, 2.05) is 60.7 Å². The fourth-order valence-corrected chi connectivity index (χ4v) is 6.92. The van der Waals surface area contributed by atoms with Crippen molar-refractivity contribution in [2.24, 2.45) is 0 Å². The van der Waals surface area contributed by atoms with Gasteiger partial charge in [-0.3, -0.25) is 9.59 Å². The Kier molecular flexibility index (Phi) is 13.6. The Morgan fingerprint density at radius 3 is 2.26 bits per heavy atom. The molecule has 0 saturated carbocycles. The molecule has 2 heterocycles. The maximum Gasteiger partial charge on any atom is 0.224 e. The number of carbonyl (C=O) groups excluding carboxylic acids is 2. The molecule has 3 atom stereocenters. The average Bonchev–Trinajstić information content (AvgIpc) is 3.20. The summed E-state index contributed by atoms with van der Waals surface area (Å²) >= 11 is 1.56. The normalized spacial score (nSPS) is 16.9. The SMILES string of the molecule is Nc1ccccc1NC(=O)CCCCCC(=O)NCc1cccc(-c2ccc([C@@H]3O[C@H](CSc4ncccn4)C[C@H](c4ccc(CO)cc4)O3)cc2)c1. The molecule has 6 rings (SSSR count). The van der Waals surface area contributed by atoms with Crippen LogP contribution < -0.4 is 16.4 Å². The molecule has 5 aromatic rings. The van der Waals surface area contributed by atoms with Crippen molar-refractivity contribution >= 4 is 35.0 Å². The Bertz CT molecular complexity index is 1930. The Morgan fingerprint density at radius 1 is 0.774 bits per heavy atom. The fraction of sp³-hybridized carbons (Fsp3) is 0.286. The smallest absolute Gasteiger partial charge is 0.224 e. The van der Waals surface area contributed by atoms with Crippen LogP contribution in [0.4, 0.5) is 11.4 Å². The molecule has 1 aromatic heterocycles. The molecule has 1 saturated heterocycles. The van der Waals surface area contributed by atoms with Gasteiger partial charge in [0.2, 0.25) is 11.8 Å². The summed E-state index contributed by atoms with van der Waals surface area (Å²) in [4.78, 5) is 33.5. The highest BCUT2D eigenvalue weighted by Gasteiger charge is 2.32. The van der Waals surface area contributed by atoms with Crippen molar-refractivity contribution in [2.75, 3.05) is 16.8 Å². The van der Waals surface area contributed by atoms with E-state index in [0.29, 0.717) is 60.9 Å². The number of rotatable bonds is 16. The molecule has 1 fully saturated rings. The molecule has 274 valence electrons. The lowest BCUT2D eigenvalue weighted by molar-refractivity contribution is -0.245. The summed E-state index contributed by atoms with van der Waals surface area (Å²) in [5.74, 6) is 0.594. The quantitative estimate of drug-likeness (QED) is 0.0346. The molecule has 0 aliphatic carbocycles. The third-order valence-electron chi connectivity index (χ3n) is 9.03. The van der Waals surface area contributed by atoms with Gasteiger partial charge < -0.3 is 30.9 Å². The number of nitrogens with two attached hydrogens (primary N) is 1. The lowest BCUT2D eigenvalue weighted by Gasteiger charge is -2.36. The predicted molar refractivity (Wildman–Crippen MR) is 207 cm³/mol. The number of unbranched alkanes of at least 4 members (excludes halogenated alkanes) is 2. The third-order valence-corrected chi connectivity index (χ3v) is 10.0. The lowest BCUT2D eigenvalue weighted by atomic mass is 9.99. The Hall–Kier alpha value is -5.07. The first-order valence-corrected chi connectivity index (χ1v) is 18.9. The molecule has 2 amide bonds. The van der Waals surface area contributed by atoms with Crippen LogP contribution in [0, 0.1) is 0 Å². The molecular formula is C42H45N5O5S. The first-order valence-electron chi connectivity index (χ1n) is 17.9. The number of aliphatic hydroxyl groups excluding tert-OH is 1. The largest absolute Gasteiger partial charge is 0.397 e. The Morgan fingerprint density at radius 2 is 1.51 bits per heavy atom. The average molecular weight is 732 g/mol. The molecule has 10 nitrogen and oxygen atoms in total. The van der Waals surface area contributed by atoms with E-state index in [1.165, 1.54) is 0 Å². The Labute approximate surface area is 314 Å². The van der Waals surface area contributed by atoms with Crippen molar-refractivity contribution in [3.63, 3.8) is 0 Å². The number of nitrogens with zero attached hydrogens (tertiary/aromatic N) is 2. The minimum absolute atomic E-state index is 0.00523. The number of benzene rings is 4. The van der Waals surface area contributed by atoms with Gasteiger partial charge in [0, 0.05) is 49.5 Å².